The van der Waals surface area contributed by atoms with Gasteiger partial charge in [0.15, 0.2) is 0 Å². The summed E-state index contributed by atoms with van der Waals surface area (Å²) in [5.41, 5.74) is 0.835. The fourth-order valence-corrected chi connectivity index (χ4v) is 1.76. The molecule has 0 saturated heterocycles. The molecule has 0 unspecified atom stereocenters. The Morgan fingerprint density at radius 2 is 1.72 bits per heavy atom. The van der Waals surface area contributed by atoms with E-state index in [2.05, 4.69) is 20.3 Å². The molecular formula is C13H15FN4. The van der Waals surface area contributed by atoms with Gasteiger partial charge in [-0.15, -0.1) is 0 Å². The molecule has 1 heterocycles. The molecule has 1 N–H and O–H groups in total. The molecule has 0 aliphatic rings. The number of hydrogen-bond acceptors (Lipinski definition) is 4. The third-order valence-electron chi connectivity index (χ3n) is 2.50. The summed E-state index contributed by atoms with van der Waals surface area (Å²) in [4.78, 5) is 11.8. The van der Waals surface area contributed by atoms with Crippen LogP contribution in [0.1, 0.15) is 19.4 Å². The van der Waals surface area contributed by atoms with E-state index in [0.717, 1.165) is 12.0 Å². The van der Waals surface area contributed by atoms with Crippen LogP contribution in [-0.2, 0) is 6.42 Å². The lowest BCUT2D eigenvalue weighted by Gasteiger charge is -2.26. The number of benzene rings is 1. The summed E-state index contributed by atoms with van der Waals surface area (Å²) in [5.74, 6) is 0.319. The minimum absolute atomic E-state index is 0.220. The van der Waals surface area contributed by atoms with Gasteiger partial charge in [-0.25, -0.2) is 19.3 Å². The van der Waals surface area contributed by atoms with Gasteiger partial charge in [-0.05, 0) is 38.0 Å². The maximum atomic E-state index is 12.8. The van der Waals surface area contributed by atoms with Crippen LogP contribution >= 0.6 is 0 Å². The van der Waals surface area contributed by atoms with Gasteiger partial charge in [-0.2, -0.15) is 0 Å². The minimum Gasteiger partial charge on any atom is -0.349 e. The predicted octanol–water partition coefficient (Wildman–Crippen LogP) is 2.44. The average Bonchev–Trinajstić information content (AvgIpc) is 2.32. The molecule has 0 amide bonds. The third-order valence-corrected chi connectivity index (χ3v) is 2.50. The summed E-state index contributed by atoms with van der Waals surface area (Å²) in [7, 11) is 0. The van der Waals surface area contributed by atoms with Gasteiger partial charge in [0, 0.05) is 5.54 Å². The Bertz CT molecular complexity index is 496. The monoisotopic (exact) mass is 246 g/mol. The van der Waals surface area contributed by atoms with Crippen LogP contribution in [0, 0.1) is 5.82 Å². The highest BCUT2D eigenvalue weighted by molar-refractivity contribution is 5.29. The molecule has 18 heavy (non-hydrogen) atoms. The first-order chi connectivity index (χ1) is 8.55. The molecule has 0 aliphatic carbocycles. The van der Waals surface area contributed by atoms with Gasteiger partial charge in [0.25, 0.3) is 0 Å². The lowest BCUT2D eigenvalue weighted by atomic mass is 9.95. The molecule has 0 saturated carbocycles. The Morgan fingerprint density at radius 3 is 2.33 bits per heavy atom. The van der Waals surface area contributed by atoms with E-state index in [1.165, 1.54) is 24.8 Å². The quantitative estimate of drug-likeness (QED) is 0.900. The SMILES string of the molecule is CC(C)(Cc1ccc(F)cc1)Nc1ncncn1. The molecule has 0 radical (unpaired) electrons. The number of anilines is 1. The summed E-state index contributed by atoms with van der Waals surface area (Å²) < 4.78 is 12.8. The second kappa shape index (κ2) is 5.08. The summed E-state index contributed by atoms with van der Waals surface area (Å²) in [6.45, 7) is 4.08. The number of nitrogens with zero attached hydrogens (tertiary/aromatic N) is 3. The van der Waals surface area contributed by atoms with Crippen molar-refractivity contribution in [2.45, 2.75) is 25.8 Å². The Morgan fingerprint density at radius 1 is 1.11 bits per heavy atom. The maximum Gasteiger partial charge on any atom is 0.226 e. The highest BCUT2D eigenvalue weighted by atomic mass is 19.1. The molecule has 1 aromatic heterocycles. The molecule has 0 aliphatic heterocycles. The van der Waals surface area contributed by atoms with Gasteiger partial charge < -0.3 is 5.32 Å². The Balaban J connectivity index is 2.05. The lowest BCUT2D eigenvalue weighted by Crippen LogP contribution is -2.34. The van der Waals surface area contributed by atoms with E-state index >= 15 is 0 Å². The Labute approximate surface area is 105 Å². The molecule has 1 aromatic carbocycles. The topological polar surface area (TPSA) is 50.7 Å². The van der Waals surface area contributed by atoms with E-state index in [0.29, 0.717) is 5.95 Å². The highest BCUT2D eigenvalue weighted by Crippen LogP contribution is 2.17. The molecule has 0 atom stereocenters. The third kappa shape index (κ3) is 3.48. The van der Waals surface area contributed by atoms with E-state index in [1.54, 1.807) is 12.1 Å². The molecule has 0 bridgehead atoms. The fraction of sp³-hybridized carbons (Fsp3) is 0.308. The zero-order valence-corrected chi connectivity index (χ0v) is 10.4. The summed E-state index contributed by atoms with van der Waals surface area (Å²) >= 11 is 0. The van der Waals surface area contributed by atoms with Crippen LogP contribution < -0.4 is 5.32 Å². The van der Waals surface area contributed by atoms with Crippen LogP contribution in [0.5, 0.6) is 0 Å². The van der Waals surface area contributed by atoms with Crippen LogP contribution in [0.4, 0.5) is 10.3 Å². The standard InChI is InChI=1S/C13H15FN4/c1-13(2,18-12-16-8-15-9-17-12)7-10-3-5-11(14)6-4-10/h3-6,8-9H,7H2,1-2H3,(H,15,16,17,18). The zero-order chi connectivity index (χ0) is 13.0. The van der Waals surface area contributed by atoms with Crippen LogP contribution in [-0.4, -0.2) is 20.5 Å². The van der Waals surface area contributed by atoms with E-state index in [1.807, 2.05) is 13.8 Å². The van der Waals surface area contributed by atoms with Gasteiger partial charge in [-0.1, -0.05) is 12.1 Å². The van der Waals surface area contributed by atoms with Gasteiger partial charge in [-0.3, -0.25) is 0 Å². The highest BCUT2D eigenvalue weighted by Gasteiger charge is 2.19. The number of halogens is 1. The molecule has 4 nitrogen and oxygen atoms in total. The number of nitrogens with one attached hydrogen (secondary N) is 1. The van der Waals surface area contributed by atoms with Gasteiger partial charge in [0.1, 0.15) is 18.5 Å². The van der Waals surface area contributed by atoms with Crippen molar-refractivity contribution in [2.75, 3.05) is 5.32 Å². The molecule has 0 fully saturated rings. The summed E-state index contributed by atoms with van der Waals surface area (Å²) in [6, 6.07) is 6.50. The van der Waals surface area contributed by atoms with Gasteiger partial charge in [0.2, 0.25) is 5.95 Å². The summed E-state index contributed by atoms with van der Waals surface area (Å²) in [5, 5.41) is 3.23. The summed E-state index contributed by atoms with van der Waals surface area (Å²) in [6.07, 6.45) is 3.64. The molecule has 94 valence electrons. The van der Waals surface area contributed by atoms with E-state index < -0.39 is 0 Å². The first kappa shape index (κ1) is 12.4. The van der Waals surface area contributed by atoms with Crippen molar-refractivity contribution in [3.63, 3.8) is 0 Å². The van der Waals surface area contributed by atoms with Crippen molar-refractivity contribution in [3.05, 3.63) is 48.3 Å². The second-order valence-electron chi connectivity index (χ2n) is 4.77. The normalized spacial score (nSPS) is 11.3. The first-order valence-electron chi connectivity index (χ1n) is 5.70. The van der Waals surface area contributed by atoms with Crippen molar-refractivity contribution in [3.8, 4) is 0 Å². The van der Waals surface area contributed by atoms with Crippen molar-refractivity contribution in [2.24, 2.45) is 0 Å². The molecule has 0 spiro atoms. The van der Waals surface area contributed by atoms with Crippen molar-refractivity contribution in [1.82, 2.24) is 15.0 Å². The van der Waals surface area contributed by atoms with Gasteiger partial charge in [0.05, 0.1) is 0 Å². The molecule has 2 aromatic rings. The smallest absolute Gasteiger partial charge is 0.226 e. The maximum absolute atomic E-state index is 12.8. The fourth-order valence-electron chi connectivity index (χ4n) is 1.76. The Kier molecular flexibility index (Phi) is 3.50. The van der Waals surface area contributed by atoms with E-state index in [9.17, 15) is 4.39 Å². The van der Waals surface area contributed by atoms with Crippen molar-refractivity contribution < 1.29 is 4.39 Å². The molecule has 5 heteroatoms. The molecular weight excluding hydrogens is 231 g/mol. The second-order valence-corrected chi connectivity index (χ2v) is 4.77. The average molecular weight is 246 g/mol. The van der Waals surface area contributed by atoms with Crippen LogP contribution in [0.25, 0.3) is 0 Å². The minimum atomic E-state index is -0.223. The number of hydrogen-bond donors (Lipinski definition) is 1. The van der Waals surface area contributed by atoms with E-state index in [4.69, 9.17) is 0 Å². The van der Waals surface area contributed by atoms with Gasteiger partial charge >= 0.3 is 0 Å². The van der Waals surface area contributed by atoms with Crippen LogP contribution in [0.15, 0.2) is 36.9 Å². The van der Waals surface area contributed by atoms with Crippen molar-refractivity contribution in [1.29, 1.82) is 0 Å². The first-order valence-corrected chi connectivity index (χ1v) is 5.70. The van der Waals surface area contributed by atoms with Crippen molar-refractivity contribution >= 4 is 5.95 Å². The lowest BCUT2D eigenvalue weighted by molar-refractivity contribution is 0.556. The van der Waals surface area contributed by atoms with E-state index in [-0.39, 0.29) is 11.4 Å². The van der Waals surface area contributed by atoms with Crippen LogP contribution in [0.2, 0.25) is 0 Å². The molecule has 2 rings (SSSR count). The zero-order valence-electron chi connectivity index (χ0n) is 10.4. The Hall–Kier alpha value is -2.04. The largest absolute Gasteiger partial charge is 0.349 e. The number of rotatable bonds is 4. The number of aromatic nitrogens is 3. The predicted molar refractivity (Wildman–Crippen MR) is 67.6 cm³/mol. The van der Waals surface area contributed by atoms with Crippen LogP contribution in [0.3, 0.4) is 0 Å².